The Morgan fingerprint density at radius 3 is 2.50 bits per heavy atom. The molecule has 0 aliphatic heterocycles. The summed E-state index contributed by atoms with van der Waals surface area (Å²) in [6.45, 7) is 3.79. The SMILES string of the molecule is Cc1cc(C)n(-c2ccc(S(=O)O)nn2)n1. The van der Waals surface area contributed by atoms with E-state index in [9.17, 15) is 4.21 Å². The van der Waals surface area contributed by atoms with Crippen LogP contribution < -0.4 is 0 Å². The standard InChI is InChI=1S/C9H10N4O2S/c1-6-5-7(2)13(12-6)8-3-4-9(11-10-8)16(14)15/h3-5H,1-2H3,(H,14,15). The first kappa shape index (κ1) is 10.9. The lowest BCUT2D eigenvalue weighted by Gasteiger charge is -2.01. The Kier molecular flexibility index (Phi) is 2.80. The zero-order valence-electron chi connectivity index (χ0n) is 8.78. The van der Waals surface area contributed by atoms with E-state index in [1.807, 2.05) is 19.9 Å². The third kappa shape index (κ3) is 2.00. The van der Waals surface area contributed by atoms with Gasteiger partial charge in [0.1, 0.15) is 0 Å². The number of aryl methyl sites for hydroxylation is 2. The molecule has 2 heterocycles. The van der Waals surface area contributed by atoms with Crippen molar-refractivity contribution >= 4 is 11.1 Å². The Morgan fingerprint density at radius 2 is 2.06 bits per heavy atom. The molecule has 0 bridgehead atoms. The van der Waals surface area contributed by atoms with E-state index in [1.165, 1.54) is 6.07 Å². The smallest absolute Gasteiger partial charge is 0.207 e. The Labute approximate surface area is 94.6 Å². The molecule has 0 aromatic carbocycles. The molecule has 2 aromatic rings. The minimum atomic E-state index is -2.10. The molecule has 6 nitrogen and oxygen atoms in total. The summed E-state index contributed by atoms with van der Waals surface area (Å²) < 4.78 is 21.1. The second kappa shape index (κ2) is 4.11. The van der Waals surface area contributed by atoms with Crippen LogP contribution in [0.15, 0.2) is 23.2 Å². The monoisotopic (exact) mass is 238 g/mol. The molecule has 0 fully saturated rings. The van der Waals surface area contributed by atoms with Crippen molar-refractivity contribution < 1.29 is 8.76 Å². The fourth-order valence-corrected chi connectivity index (χ4v) is 1.68. The van der Waals surface area contributed by atoms with Gasteiger partial charge in [-0.2, -0.15) is 5.10 Å². The van der Waals surface area contributed by atoms with Crippen LogP contribution in [0.2, 0.25) is 0 Å². The van der Waals surface area contributed by atoms with Gasteiger partial charge in [-0.1, -0.05) is 0 Å². The zero-order valence-corrected chi connectivity index (χ0v) is 9.60. The molecule has 2 aromatic heterocycles. The van der Waals surface area contributed by atoms with Gasteiger partial charge in [-0.15, -0.1) is 10.2 Å². The normalized spacial score (nSPS) is 12.7. The minimum Gasteiger partial charge on any atom is -0.301 e. The van der Waals surface area contributed by atoms with Crippen LogP contribution in [0, 0.1) is 13.8 Å². The Bertz CT molecular complexity index is 535. The maximum absolute atomic E-state index is 10.7. The second-order valence-corrected chi connectivity index (χ2v) is 4.23. The van der Waals surface area contributed by atoms with Crippen molar-refractivity contribution in [2.45, 2.75) is 18.9 Å². The van der Waals surface area contributed by atoms with Crippen molar-refractivity contribution in [2.24, 2.45) is 0 Å². The Balaban J connectivity index is 2.42. The summed E-state index contributed by atoms with van der Waals surface area (Å²) in [5, 5.41) is 11.7. The van der Waals surface area contributed by atoms with Gasteiger partial charge in [0.15, 0.2) is 10.8 Å². The number of hydrogen-bond acceptors (Lipinski definition) is 4. The maximum Gasteiger partial charge on any atom is 0.207 e. The molecule has 1 unspecified atom stereocenters. The first-order chi connectivity index (χ1) is 7.58. The average Bonchev–Trinajstić information content (AvgIpc) is 2.58. The third-order valence-corrected chi connectivity index (χ3v) is 2.61. The van der Waals surface area contributed by atoms with E-state index in [2.05, 4.69) is 15.3 Å². The van der Waals surface area contributed by atoms with Crippen molar-refractivity contribution in [3.05, 3.63) is 29.6 Å². The van der Waals surface area contributed by atoms with E-state index in [4.69, 9.17) is 4.55 Å². The van der Waals surface area contributed by atoms with E-state index in [0.29, 0.717) is 5.82 Å². The second-order valence-electron chi connectivity index (χ2n) is 3.32. The first-order valence-corrected chi connectivity index (χ1v) is 5.67. The van der Waals surface area contributed by atoms with Gasteiger partial charge in [0, 0.05) is 5.69 Å². The van der Waals surface area contributed by atoms with Gasteiger partial charge in [-0.25, -0.2) is 8.89 Å². The van der Waals surface area contributed by atoms with Crippen LogP contribution in [0.5, 0.6) is 0 Å². The van der Waals surface area contributed by atoms with E-state index < -0.39 is 11.1 Å². The third-order valence-electron chi connectivity index (χ3n) is 2.03. The Morgan fingerprint density at radius 1 is 1.31 bits per heavy atom. The summed E-state index contributed by atoms with van der Waals surface area (Å²) in [5.74, 6) is 0.528. The highest BCUT2D eigenvalue weighted by molar-refractivity contribution is 7.79. The number of nitrogens with zero attached hydrogens (tertiary/aromatic N) is 4. The molecule has 1 N–H and O–H groups in total. The summed E-state index contributed by atoms with van der Waals surface area (Å²) in [7, 11) is 0. The molecule has 0 saturated heterocycles. The predicted octanol–water partition coefficient (Wildman–Crippen LogP) is 0.860. The zero-order chi connectivity index (χ0) is 11.7. The van der Waals surface area contributed by atoms with Gasteiger partial charge < -0.3 is 4.55 Å². The average molecular weight is 238 g/mol. The molecule has 16 heavy (non-hydrogen) atoms. The van der Waals surface area contributed by atoms with Gasteiger partial charge in [0.25, 0.3) is 0 Å². The summed E-state index contributed by atoms with van der Waals surface area (Å²) in [5.41, 5.74) is 1.82. The number of rotatable bonds is 2. The van der Waals surface area contributed by atoms with Crippen molar-refractivity contribution in [3.63, 3.8) is 0 Å². The molecule has 0 radical (unpaired) electrons. The van der Waals surface area contributed by atoms with Crippen LogP contribution in [0.3, 0.4) is 0 Å². The van der Waals surface area contributed by atoms with Crippen LogP contribution >= 0.6 is 0 Å². The Hall–Kier alpha value is -1.60. The molecule has 84 valence electrons. The minimum absolute atomic E-state index is 0.0327. The van der Waals surface area contributed by atoms with Crippen LogP contribution in [-0.2, 0) is 11.1 Å². The summed E-state index contributed by atoms with van der Waals surface area (Å²) in [4.78, 5) is 0. The van der Waals surface area contributed by atoms with Crippen LogP contribution in [0.4, 0.5) is 0 Å². The lowest BCUT2D eigenvalue weighted by Crippen LogP contribution is -2.05. The summed E-state index contributed by atoms with van der Waals surface area (Å²) in [6.07, 6.45) is 0. The topological polar surface area (TPSA) is 80.9 Å². The molecule has 0 aliphatic rings. The summed E-state index contributed by atoms with van der Waals surface area (Å²) >= 11 is -2.10. The predicted molar refractivity (Wildman–Crippen MR) is 57.7 cm³/mol. The molecule has 7 heteroatoms. The molecule has 1 atom stereocenters. The van der Waals surface area contributed by atoms with Crippen LogP contribution in [0.25, 0.3) is 5.82 Å². The largest absolute Gasteiger partial charge is 0.301 e. The summed E-state index contributed by atoms with van der Waals surface area (Å²) in [6, 6.07) is 4.98. The number of aromatic nitrogens is 4. The van der Waals surface area contributed by atoms with Crippen molar-refractivity contribution in [1.82, 2.24) is 20.0 Å². The highest BCUT2D eigenvalue weighted by atomic mass is 32.2. The van der Waals surface area contributed by atoms with Gasteiger partial charge >= 0.3 is 0 Å². The molecule has 0 amide bonds. The highest BCUT2D eigenvalue weighted by Crippen LogP contribution is 2.09. The molecule has 0 aliphatic carbocycles. The van der Waals surface area contributed by atoms with Crippen molar-refractivity contribution in [3.8, 4) is 5.82 Å². The lowest BCUT2D eigenvalue weighted by atomic mass is 10.4. The van der Waals surface area contributed by atoms with Crippen LogP contribution in [-0.4, -0.2) is 28.7 Å². The van der Waals surface area contributed by atoms with Gasteiger partial charge in [0.05, 0.1) is 5.69 Å². The van der Waals surface area contributed by atoms with E-state index in [1.54, 1.807) is 10.7 Å². The highest BCUT2D eigenvalue weighted by Gasteiger charge is 2.07. The molecule has 2 rings (SSSR count). The van der Waals surface area contributed by atoms with Crippen LogP contribution in [0.1, 0.15) is 11.4 Å². The van der Waals surface area contributed by atoms with Gasteiger partial charge in [0.2, 0.25) is 11.1 Å². The van der Waals surface area contributed by atoms with Gasteiger partial charge in [-0.05, 0) is 32.0 Å². The van der Waals surface area contributed by atoms with E-state index >= 15 is 0 Å². The van der Waals surface area contributed by atoms with E-state index in [-0.39, 0.29) is 5.03 Å². The fraction of sp³-hybridized carbons (Fsp3) is 0.222. The molecule has 0 saturated carbocycles. The molecular weight excluding hydrogens is 228 g/mol. The van der Waals surface area contributed by atoms with Crippen molar-refractivity contribution in [2.75, 3.05) is 0 Å². The quantitative estimate of drug-likeness (QED) is 0.785. The fourth-order valence-electron chi connectivity index (χ4n) is 1.38. The number of hydrogen-bond donors (Lipinski definition) is 1. The molecule has 0 spiro atoms. The first-order valence-electron chi connectivity index (χ1n) is 4.56. The maximum atomic E-state index is 10.7. The lowest BCUT2D eigenvalue weighted by molar-refractivity contribution is 0.557. The van der Waals surface area contributed by atoms with E-state index in [0.717, 1.165) is 11.4 Å². The van der Waals surface area contributed by atoms with Gasteiger partial charge in [-0.3, -0.25) is 0 Å². The van der Waals surface area contributed by atoms with Crippen molar-refractivity contribution in [1.29, 1.82) is 0 Å². The molecular formula is C9H10N4O2S.